The predicted octanol–water partition coefficient (Wildman–Crippen LogP) is 1.63. The van der Waals surface area contributed by atoms with Crippen molar-refractivity contribution in [1.29, 1.82) is 0 Å². The van der Waals surface area contributed by atoms with Gasteiger partial charge in [-0.3, -0.25) is 14.3 Å². The van der Waals surface area contributed by atoms with Gasteiger partial charge in [0.1, 0.15) is 0 Å². The van der Waals surface area contributed by atoms with Crippen LogP contribution >= 0.6 is 0 Å². The smallest absolute Gasteiger partial charge is 0.338 e. The summed E-state index contributed by atoms with van der Waals surface area (Å²) in [5, 5.41) is 7.65. The van der Waals surface area contributed by atoms with Crippen molar-refractivity contribution in [2.75, 3.05) is 52.5 Å². The van der Waals surface area contributed by atoms with E-state index in [1.807, 2.05) is 11.6 Å². The van der Waals surface area contributed by atoms with Crippen LogP contribution in [0.4, 0.5) is 0 Å². The summed E-state index contributed by atoms with van der Waals surface area (Å²) in [6.07, 6.45) is 3.34. The Labute approximate surface area is 241 Å². The molecule has 2 aliphatic heterocycles. The molecule has 1 saturated heterocycles. The monoisotopic (exact) mass is 589 g/mol. The largest absolute Gasteiger partial charge is 0.462 e. The Hall–Kier alpha value is -3.29. The van der Waals surface area contributed by atoms with E-state index in [1.54, 1.807) is 4.90 Å². The second-order valence-electron chi connectivity index (χ2n) is 10.1. The molecule has 1 fully saturated rings. The highest BCUT2D eigenvalue weighted by Crippen LogP contribution is 2.20. The van der Waals surface area contributed by atoms with E-state index in [9.17, 15) is 22.8 Å². The first-order valence-electron chi connectivity index (χ1n) is 14.2. The first-order chi connectivity index (χ1) is 19.7. The van der Waals surface area contributed by atoms with Crippen molar-refractivity contribution in [3.05, 3.63) is 46.8 Å². The number of nitrogens with one attached hydrogen (secondary N) is 1. The number of esters is 1. The van der Waals surface area contributed by atoms with Gasteiger partial charge < -0.3 is 19.7 Å². The summed E-state index contributed by atoms with van der Waals surface area (Å²) in [5.74, 6) is -0.733. The summed E-state index contributed by atoms with van der Waals surface area (Å²) in [7, 11) is -3.73. The van der Waals surface area contributed by atoms with Gasteiger partial charge in [0.2, 0.25) is 15.9 Å². The molecule has 41 heavy (non-hydrogen) atoms. The van der Waals surface area contributed by atoms with Gasteiger partial charge >= 0.3 is 5.97 Å². The lowest BCUT2D eigenvalue weighted by molar-refractivity contribution is -0.129. The number of carbonyl (C=O) groups excluding carboxylic acids is 3. The van der Waals surface area contributed by atoms with Gasteiger partial charge in [-0.05, 0) is 49.9 Å². The Morgan fingerprint density at radius 2 is 1.78 bits per heavy atom. The van der Waals surface area contributed by atoms with Crippen LogP contribution in [0.25, 0.3) is 0 Å². The zero-order valence-electron chi connectivity index (χ0n) is 23.8. The molecular weight excluding hydrogens is 550 g/mol. The lowest BCUT2D eigenvalue weighted by Crippen LogP contribution is -2.49. The van der Waals surface area contributed by atoms with Gasteiger partial charge in [-0.2, -0.15) is 9.40 Å². The summed E-state index contributed by atoms with van der Waals surface area (Å²) in [6, 6.07) is 5.69. The van der Waals surface area contributed by atoms with E-state index in [1.165, 1.54) is 35.5 Å². The van der Waals surface area contributed by atoms with Gasteiger partial charge in [-0.25, -0.2) is 13.2 Å². The standard InChI is InChI=1S/C28H39N5O7S/c1-3-24-26-25(7-4-18-39-19-5-12-29-27(26)35)33(30-24)13-6-20-40-28(36)22-8-10-23(11-9-22)41(37,38)32-16-14-31(15-17-32)21(2)34/h8-11H,3-7,12-20H2,1-2H3,(H,29,35). The van der Waals surface area contributed by atoms with Crippen LogP contribution in [0.2, 0.25) is 0 Å². The molecule has 2 aliphatic rings. The average Bonchev–Trinajstić information content (AvgIpc) is 3.31. The maximum atomic E-state index is 13.0. The van der Waals surface area contributed by atoms with Crippen molar-refractivity contribution >= 4 is 27.8 Å². The molecule has 0 spiro atoms. The number of aryl methyl sites for hydroxylation is 2. The van der Waals surface area contributed by atoms with Crippen LogP contribution in [-0.2, 0) is 43.7 Å². The Morgan fingerprint density at radius 3 is 2.46 bits per heavy atom. The van der Waals surface area contributed by atoms with Crippen LogP contribution in [0.5, 0.6) is 0 Å². The van der Waals surface area contributed by atoms with Crippen LogP contribution in [-0.4, -0.2) is 97.7 Å². The summed E-state index contributed by atoms with van der Waals surface area (Å²) >= 11 is 0. The SMILES string of the molecule is CCc1nn(CCCOC(=O)c2ccc(S(=O)(=O)N3CCN(C(C)=O)CC3)cc2)c2c1C(=O)NCCCOCCC2. The van der Waals surface area contributed by atoms with Gasteiger partial charge in [0, 0.05) is 65.8 Å². The molecule has 0 unspecified atom stereocenters. The van der Waals surface area contributed by atoms with E-state index in [4.69, 9.17) is 9.47 Å². The molecule has 12 nitrogen and oxygen atoms in total. The minimum absolute atomic E-state index is 0.0749. The number of fused-ring (bicyclic) bond motifs is 1. The number of rotatable bonds is 8. The van der Waals surface area contributed by atoms with E-state index < -0.39 is 16.0 Å². The predicted molar refractivity (Wildman–Crippen MR) is 150 cm³/mol. The van der Waals surface area contributed by atoms with Crippen LogP contribution in [0.3, 0.4) is 0 Å². The van der Waals surface area contributed by atoms with Crippen molar-refractivity contribution in [2.24, 2.45) is 0 Å². The molecular formula is C28H39N5O7S. The molecule has 1 aromatic carbocycles. The Bertz CT molecular complexity index is 1330. The second-order valence-corrected chi connectivity index (χ2v) is 12.0. The van der Waals surface area contributed by atoms with Gasteiger partial charge in [-0.1, -0.05) is 6.92 Å². The normalized spacial score (nSPS) is 17.3. The zero-order valence-corrected chi connectivity index (χ0v) is 24.6. The Morgan fingerprint density at radius 1 is 1.07 bits per heavy atom. The molecule has 3 heterocycles. The van der Waals surface area contributed by atoms with E-state index in [0.29, 0.717) is 64.2 Å². The fourth-order valence-electron chi connectivity index (χ4n) is 5.03. The van der Waals surface area contributed by atoms with E-state index in [-0.39, 0.29) is 42.0 Å². The summed E-state index contributed by atoms with van der Waals surface area (Å²) < 4.78 is 40.3. The van der Waals surface area contributed by atoms with Crippen molar-refractivity contribution in [1.82, 2.24) is 24.3 Å². The molecule has 2 aromatic rings. The van der Waals surface area contributed by atoms with Crippen molar-refractivity contribution in [3.63, 3.8) is 0 Å². The van der Waals surface area contributed by atoms with Gasteiger partial charge in [0.15, 0.2) is 0 Å². The molecule has 2 amide bonds. The molecule has 0 saturated carbocycles. The molecule has 0 radical (unpaired) electrons. The average molecular weight is 590 g/mol. The molecule has 224 valence electrons. The number of piperazine rings is 1. The second kappa shape index (κ2) is 14.1. The lowest BCUT2D eigenvalue weighted by atomic mass is 10.1. The maximum absolute atomic E-state index is 13.0. The number of hydrogen-bond acceptors (Lipinski definition) is 8. The van der Waals surface area contributed by atoms with Gasteiger partial charge in [0.25, 0.3) is 5.91 Å². The fraction of sp³-hybridized carbons (Fsp3) is 0.571. The highest BCUT2D eigenvalue weighted by molar-refractivity contribution is 7.89. The number of sulfonamides is 1. The maximum Gasteiger partial charge on any atom is 0.338 e. The minimum Gasteiger partial charge on any atom is -0.462 e. The molecule has 0 atom stereocenters. The highest BCUT2D eigenvalue weighted by Gasteiger charge is 2.29. The van der Waals surface area contributed by atoms with Crippen LogP contribution in [0, 0.1) is 0 Å². The van der Waals surface area contributed by atoms with E-state index in [0.717, 1.165) is 24.2 Å². The molecule has 13 heteroatoms. The molecule has 0 bridgehead atoms. The Balaban J connectivity index is 1.32. The first kappa shape index (κ1) is 30.7. The number of benzene rings is 1. The lowest BCUT2D eigenvalue weighted by Gasteiger charge is -2.33. The van der Waals surface area contributed by atoms with E-state index >= 15 is 0 Å². The van der Waals surface area contributed by atoms with Crippen LogP contribution in [0.15, 0.2) is 29.2 Å². The number of nitrogens with zero attached hydrogens (tertiary/aromatic N) is 4. The van der Waals surface area contributed by atoms with Crippen LogP contribution in [0.1, 0.15) is 65.2 Å². The summed E-state index contributed by atoms with van der Waals surface area (Å²) in [5.41, 5.74) is 2.52. The topological polar surface area (TPSA) is 140 Å². The summed E-state index contributed by atoms with van der Waals surface area (Å²) in [6.45, 7) is 7.00. The number of amides is 2. The van der Waals surface area contributed by atoms with E-state index in [2.05, 4.69) is 10.4 Å². The van der Waals surface area contributed by atoms with Crippen molar-refractivity contribution < 1.29 is 32.3 Å². The van der Waals surface area contributed by atoms with Gasteiger partial charge in [0.05, 0.1) is 34.0 Å². The first-order valence-corrected chi connectivity index (χ1v) is 15.6. The minimum atomic E-state index is -3.73. The number of ether oxygens (including phenoxy) is 2. The van der Waals surface area contributed by atoms with Crippen LogP contribution < -0.4 is 5.32 Å². The fourth-order valence-corrected chi connectivity index (χ4v) is 6.45. The van der Waals surface area contributed by atoms with Gasteiger partial charge in [-0.15, -0.1) is 0 Å². The number of hydrogen-bond donors (Lipinski definition) is 1. The zero-order chi connectivity index (χ0) is 29.4. The number of carbonyl (C=O) groups is 3. The quantitative estimate of drug-likeness (QED) is 0.362. The molecule has 1 aromatic heterocycles. The molecule has 4 rings (SSSR count). The third kappa shape index (κ3) is 7.52. The third-order valence-corrected chi connectivity index (χ3v) is 9.22. The highest BCUT2D eigenvalue weighted by atomic mass is 32.2. The number of aromatic nitrogens is 2. The molecule has 1 N–H and O–H groups in total. The molecule has 0 aliphatic carbocycles. The Kier molecular flexibility index (Phi) is 10.5. The van der Waals surface area contributed by atoms with Crippen molar-refractivity contribution in [3.8, 4) is 0 Å². The summed E-state index contributed by atoms with van der Waals surface area (Å²) in [4.78, 5) is 38.7. The van der Waals surface area contributed by atoms with Crippen molar-refractivity contribution in [2.45, 2.75) is 57.4 Å². The third-order valence-electron chi connectivity index (χ3n) is 7.30.